The van der Waals surface area contributed by atoms with Gasteiger partial charge in [-0.25, -0.2) is 0 Å². The minimum Gasteiger partial charge on any atom is -0.381 e. The van der Waals surface area contributed by atoms with Crippen molar-refractivity contribution in [2.75, 3.05) is 32.8 Å². The zero-order chi connectivity index (χ0) is 14.9. The van der Waals surface area contributed by atoms with Crippen LogP contribution in [-0.2, 0) is 16.0 Å². The third-order valence-electron chi connectivity index (χ3n) is 4.03. The van der Waals surface area contributed by atoms with Crippen molar-refractivity contribution in [2.45, 2.75) is 25.7 Å². The number of nitrogens with zero attached hydrogens (tertiary/aromatic N) is 1. The minimum absolute atomic E-state index is 0.248. The third-order valence-corrected chi connectivity index (χ3v) is 4.03. The van der Waals surface area contributed by atoms with Gasteiger partial charge in [0.05, 0.1) is 6.61 Å². The van der Waals surface area contributed by atoms with E-state index in [-0.39, 0.29) is 5.91 Å². The van der Waals surface area contributed by atoms with Gasteiger partial charge in [0.15, 0.2) is 0 Å². The first-order valence-corrected chi connectivity index (χ1v) is 7.89. The lowest BCUT2D eigenvalue weighted by atomic mass is 10.1. The second-order valence-electron chi connectivity index (χ2n) is 5.68. The van der Waals surface area contributed by atoms with Crippen LogP contribution in [0.25, 0.3) is 0 Å². The maximum absolute atomic E-state index is 12.0. The Morgan fingerprint density at radius 3 is 2.81 bits per heavy atom. The summed E-state index contributed by atoms with van der Waals surface area (Å²) in [5.41, 5.74) is 6.93. The molecule has 1 saturated heterocycles. The average molecular weight is 290 g/mol. The summed E-state index contributed by atoms with van der Waals surface area (Å²) in [5.74, 6) is 0.744. The number of likely N-dealkylation sites (tertiary alicyclic amines) is 1. The molecular weight excluding hydrogens is 264 g/mol. The van der Waals surface area contributed by atoms with Gasteiger partial charge < -0.3 is 15.4 Å². The molecular formula is C17H26N2O2. The van der Waals surface area contributed by atoms with E-state index in [1.54, 1.807) is 0 Å². The van der Waals surface area contributed by atoms with Gasteiger partial charge in [0.25, 0.3) is 0 Å². The number of benzene rings is 1. The van der Waals surface area contributed by atoms with E-state index >= 15 is 0 Å². The molecule has 1 aromatic carbocycles. The van der Waals surface area contributed by atoms with Crippen LogP contribution in [0.4, 0.5) is 0 Å². The van der Waals surface area contributed by atoms with Crippen LogP contribution >= 0.6 is 0 Å². The molecule has 2 rings (SSSR count). The van der Waals surface area contributed by atoms with E-state index in [4.69, 9.17) is 10.5 Å². The van der Waals surface area contributed by atoms with Crippen molar-refractivity contribution in [1.82, 2.24) is 4.90 Å². The summed E-state index contributed by atoms with van der Waals surface area (Å²) in [5, 5.41) is 0. The molecule has 0 spiro atoms. The Labute approximate surface area is 127 Å². The zero-order valence-electron chi connectivity index (χ0n) is 12.7. The Balaban J connectivity index is 1.51. The molecule has 1 fully saturated rings. The van der Waals surface area contributed by atoms with Gasteiger partial charge in [-0.1, -0.05) is 30.3 Å². The minimum atomic E-state index is 0.248. The van der Waals surface area contributed by atoms with Gasteiger partial charge in [0, 0.05) is 26.1 Å². The highest BCUT2D eigenvalue weighted by atomic mass is 16.5. The van der Waals surface area contributed by atoms with Crippen molar-refractivity contribution in [3.63, 3.8) is 0 Å². The van der Waals surface area contributed by atoms with Crippen LogP contribution in [-0.4, -0.2) is 43.7 Å². The summed E-state index contributed by atoms with van der Waals surface area (Å²) in [4.78, 5) is 13.9. The first kappa shape index (κ1) is 16.0. The monoisotopic (exact) mass is 290 g/mol. The van der Waals surface area contributed by atoms with Crippen LogP contribution in [0.15, 0.2) is 30.3 Å². The molecule has 1 aliphatic heterocycles. The molecule has 1 unspecified atom stereocenters. The number of carbonyl (C=O) groups excluding carboxylic acids is 1. The lowest BCUT2D eigenvalue weighted by Crippen LogP contribution is -2.29. The number of hydrogen-bond donors (Lipinski definition) is 1. The Bertz CT molecular complexity index is 422. The topological polar surface area (TPSA) is 55.6 Å². The van der Waals surface area contributed by atoms with Crippen molar-refractivity contribution in [3.8, 4) is 0 Å². The van der Waals surface area contributed by atoms with Crippen LogP contribution < -0.4 is 5.73 Å². The van der Waals surface area contributed by atoms with E-state index in [1.165, 1.54) is 5.56 Å². The number of nitrogens with two attached hydrogens (primary N) is 1. The predicted molar refractivity (Wildman–Crippen MR) is 83.9 cm³/mol. The Kier molecular flexibility index (Phi) is 6.70. The average Bonchev–Trinajstić information content (AvgIpc) is 3.00. The van der Waals surface area contributed by atoms with Crippen molar-refractivity contribution < 1.29 is 9.53 Å². The van der Waals surface area contributed by atoms with Gasteiger partial charge in [-0.3, -0.25) is 4.79 Å². The van der Waals surface area contributed by atoms with Crippen LogP contribution in [0.1, 0.15) is 24.8 Å². The van der Waals surface area contributed by atoms with Crippen LogP contribution in [0, 0.1) is 5.92 Å². The van der Waals surface area contributed by atoms with Crippen LogP contribution in [0.2, 0.25) is 0 Å². The number of amides is 1. The number of carbonyl (C=O) groups is 1. The zero-order valence-corrected chi connectivity index (χ0v) is 12.7. The summed E-state index contributed by atoms with van der Waals surface area (Å²) < 4.78 is 5.60. The predicted octanol–water partition coefficient (Wildman–Crippen LogP) is 1.83. The Morgan fingerprint density at radius 1 is 1.29 bits per heavy atom. The summed E-state index contributed by atoms with van der Waals surface area (Å²) in [6, 6.07) is 10.3. The van der Waals surface area contributed by atoms with E-state index in [9.17, 15) is 4.79 Å². The standard InChI is InChI=1S/C17H26N2O2/c18-13-16-8-10-19(14-16)17(20)7-4-11-21-12-9-15-5-2-1-3-6-15/h1-3,5-6,16H,4,7-14,18H2. The van der Waals surface area contributed by atoms with E-state index in [2.05, 4.69) is 12.1 Å². The fourth-order valence-electron chi connectivity index (χ4n) is 2.67. The summed E-state index contributed by atoms with van der Waals surface area (Å²) in [6.45, 7) is 3.77. The Morgan fingerprint density at radius 2 is 2.10 bits per heavy atom. The fraction of sp³-hybridized carbons (Fsp3) is 0.588. The van der Waals surface area contributed by atoms with Gasteiger partial charge in [-0.2, -0.15) is 0 Å². The molecule has 1 amide bonds. The van der Waals surface area contributed by atoms with E-state index in [1.807, 2.05) is 23.1 Å². The molecule has 0 saturated carbocycles. The lowest BCUT2D eigenvalue weighted by Gasteiger charge is -2.16. The highest BCUT2D eigenvalue weighted by Crippen LogP contribution is 2.16. The molecule has 1 heterocycles. The summed E-state index contributed by atoms with van der Waals surface area (Å²) in [7, 11) is 0. The number of ether oxygens (including phenoxy) is 1. The molecule has 4 heteroatoms. The van der Waals surface area contributed by atoms with Gasteiger partial charge >= 0.3 is 0 Å². The van der Waals surface area contributed by atoms with E-state index in [0.29, 0.717) is 25.5 Å². The molecule has 0 radical (unpaired) electrons. The first-order chi connectivity index (χ1) is 10.3. The normalized spacial score (nSPS) is 18.1. The second-order valence-corrected chi connectivity index (χ2v) is 5.68. The lowest BCUT2D eigenvalue weighted by molar-refractivity contribution is -0.130. The van der Waals surface area contributed by atoms with E-state index < -0.39 is 0 Å². The molecule has 1 aliphatic rings. The van der Waals surface area contributed by atoms with Gasteiger partial charge in [-0.05, 0) is 37.3 Å². The van der Waals surface area contributed by atoms with Gasteiger partial charge in [0.2, 0.25) is 5.91 Å². The largest absolute Gasteiger partial charge is 0.381 e. The maximum Gasteiger partial charge on any atom is 0.222 e. The quantitative estimate of drug-likeness (QED) is 0.743. The highest BCUT2D eigenvalue weighted by molar-refractivity contribution is 5.76. The molecule has 1 atom stereocenters. The van der Waals surface area contributed by atoms with Crippen LogP contribution in [0.5, 0.6) is 0 Å². The smallest absolute Gasteiger partial charge is 0.222 e. The van der Waals surface area contributed by atoms with Gasteiger partial charge in [0.1, 0.15) is 0 Å². The molecule has 0 aliphatic carbocycles. The van der Waals surface area contributed by atoms with Crippen molar-refractivity contribution in [3.05, 3.63) is 35.9 Å². The summed E-state index contributed by atoms with van der Waals surface area (Å²) >= 11 is 0. The number of hydrogen-bond acceptors (Lipinski definition) is 3. The van der Waals surface area contributed by atoms with Crippen molar-refractivity contribution in [1.29, 1.82) is 0 Å². The molecule has 0 bridgehead atoms. The first-order valence-electron chi connectivity index (χ1n) is 7.89. The molecule has 2 N–H and O–H groups in total. The van der Waals surface area contributed by atoms with E-state index in [0.717, 1.165) is 39.0 Å². The number of rotatable bonds is 8. The van der Waals surface area contributed by atoms with Gasteiger partial charge in [-0.15, -0.1) is 0 Å². The SMILES string of the molecule is NCC1CCN(C(=O)CCCOCCc2ccccc2)C1. The molecule has 4 nitrogen and oxygen atoms in total. The molecule has 0 aromatic heterocycles. The summed E-state index contributed by atoms with van der Waals surface area (Å²) in [6.07, 6.45) is 3.37. The van der Waals surface area contributed by atoms with Crippen molar-refractivity contribution >= 4 is 5.91 Å². The molecule has 116 valence electrons. The molecule has 1 aromatic rings. The van der Waals surface area contributed by atoms with Crippen LogP contribution in [0.3, 0.4) is 0 Å². The third kappa shape index (κ3) is 5.48. The second kappa shape index (κ2) is 8.80. The van der Waals surface area contributed by atoms with Crippen molar-refractivity contribution in [2.24, 2.45) is 11.7 Å². The fourth-order valence-corrected chi connectivity index (χ4v) is 2.67. The maximum atomic E-state index is 12.0. The highest BCUT2D eigenvalue weighted by Gasteiger charge is 2.24. The molecule has 21 heavy (non-hydrogen) atoms. The Hall–Kier alpha value is -1.39.